The Balaban J connectivity index is 1.23. The van der Waals surface area contributed by atoms with Gasteiger partial charge in [-0.25, -0.2) is 4.79 Å². The van der Waals surface area contributed by atoms with E-state index >= 15 is 0 Å². The molecule has 2 aromatic carbocycles. The molecule has 0 radical (unpaired) electrons. The van der Waals surface area contributed by atoms with Crippen LogP contribution in [-0.4, -0.2) is 67.8 Å². The van der Waals surface area contributed by atoms with Crippen molar-refractivity contribution in [1.82, 2.24) is 9.80 Å². The molecule has 1 unspecified atom stereocenters. The topological polar surface area (TPSA) is 51.2 Å². The third-order valence-electron chi connectivity index (χ3n) is 5.32. The second-order valence-electron chi connectivity index (χ2n) is 7.64. The summed E-state index contributed by atoms with van der Waals surface area (Å²) in [5.41, 5.74) is 1.84. The van der Waals surface area contributed by atoms with Gasteiger partial charge in [0.15, 0.2) is 11.5 Å². The number of ether oxygens (including phenoxy) is 3. The third-order valence-corrected chi connectivity index (χ3v) is 5.32. The average Bonchev–Trinajstić information content (AvgIpc) is 2.75. The molecule has 154 valence electrons. The van der Waals surface area contributed by atoms with Gasteiger partial charge in [0, 0.05) is 39.3 Å². The molecule has 0 spiro atoms. The second-order valence-corrected chi connectivity index (χ2v) is 7.64. The van der Waals surface area contributed by atoms with Crippen LogP contribution in [0.5, 0.6) is 11.5 Å². The van der Waals surface area contributed by atoms with Crippen molar-refractivity contribution in [3.05, 3.63) is 59.7 Å². The molecular weight excluding hydrogens is 368 g/mol. The fourth-order valence-corrected chi connectivity index (χ4v) is 3.79. The summed E-state index contributed by atoms with van der Waals surface area (Å²) in [7, 11) is 0. The van der Waals surface area contributed by atoms with E-state index < -0.39 is 0 Å². The van der Waals surface area contributed by atoms with E-state index in [4.69, 9.17) is 14.2 Å². The van der Waals surface area contributed by atoms with Crippen molar-refractivity contribution in [1.29, 1.82) is 0 Å². The van der Waals surface area contributed by atoms with E-state index in [0.29, 0.717) is 30.3 Å². The van der Waals surface area contributed by atoms with Gasteiger partial charge in [-0.1, -0.05) is 30.3 Å². The summed E-state index contributed by atoms with van der Waals surface area (Å²) in [5.74, 6) is 0.958. The Bertz CT molecular complexity index is 819. The number of carbonyl (C=O) groups excluding carboxylic acids is 1. The normalized spacial score (nSPS) is 18.2. The van der Waals surface area contributed by atoms with Gasteiger partial charge in [-0.3, -0.25) is 9.80 Å². The van der Waals surface area contributed by atoms with Crippen molar-refractivity contribution in [2.45, 2.75) is 19.6 Å². The summed E-state index contributed by atoms with van der Waals surface area (Å²) < 4.78 is 16.7. The minimum absolute atomic E-state index is 0.170. The van der Waals surface area contributed by atoms with Crippen LogP contribution in [0.4, 0.5) is 0 Å². The molecule has 1 saturated heterocycles. The zero-order chi connectivity index (χ0) is 20.1. The molecule has 6 nitrogen and oxygen atoms in total. The second kappa shape index (κ2) is 9.29. The molecule has 1 fully saturated rings. The lowest BCUT2D eigenvalue weighted by molar-refractivity contribution is 0.0190. The van der Waals surface area contributed by atoms with Crippen LogP contribution in [0.2, 0.25) is 0 Å². The maximum atomic E-state index is 12.5. The van der Waals surface area contributed by atoms with Crippen LogP contribution in [0, 0.1) is 0 Å². The summed E-state index contributed by atoms with van der Waals surface area (Å²) >= 11 is 0. The van der Waals surface area contributed by atoms with Crippen molar-refractivity contribution in [3.8, 4) is 11.5 Å². The Morgan fingerprint density at radius 2 is 1.66 bits per heavy atom. The molecule has 4 rings (SSSR count). The Labute approximate surface area is 172 Å². The monoisotopic (exact) mass is 396 g/mol. The van der Waals surface area contributed by atoms with Crippen molar-refractivity contribution < 1.29 is 19.0 Å². The van der Waals surface area contributed by atoms with Gasteiger partial charge in [0.1, 0.15) is 19.3 Å². The number of hydrogen-bond acceptors (Lipinski definition) is 6. The number of fused-ring (bicyclic) bond motifs is 1. The first kappa shape index (κ1) is 19.7. The third kappa shape index (κ3) is 5.28. The molecule has 0 saturated carbocycles. The van der Waals surface area contributed by atoms with Crippen LogP contribution in [0.15, 0.2) is 48.5 Å². The number of hydrogen-bond donors (Lipinski definition) is 0. The average molecular weight is 396 g/mol. The standard InChI is InChI=1S/C23H28N2O4/c1-18(29-23(26)20-7-8-21-22(15-20)28-14-13-27-21)16-24-9-11-25(12-10-24)17-19-5-3-2-4-6-19/h2-8,15,18H,9-14,16-17H2,1H3. The van der Waals surface area contributed by atoms with E-state index in [2.05, 4.69) is 40.1 Å². The Morgan fingerprint density at radius 3 is 2.41 bits per heavy atom. The van der Waals surface area contributed by atoms with Crippen LogP contribution in [0.1, 0.15) is 22.8 Å². The highest BCUT2D eigenvalue weighted by Gasteiger charge is 2.21. The number of carbonyl (C=O) groups is 1. The number of esters is 1. The van der Waals surface area contributed by atoms with Gasteiger partial charge < -0.3 is 14.2 Å². The van der Waals surface area contributed by atoms with E-state index in [1.165, 1.54) is 5.56 Å². The lowest BCUT2D eigenvalue weighted by Gasteiger charge is -2.35. The lowest BCUT2D eigenvalue weighted by atomic mass is 10.2. The van der Waals surface area contributed by atoms with Crippen LogP contribution in [0.3, 0.4) is 0 Å². The number of rotatable bonds is 6. The number of nitrogens with zero attached hydrogens (tertiary/aromatic N) is 2. The summed E-state index contributed by atoms with van der Waals surface area (Å²) in [6.45, 7) is 8.74. The molecule has 0 aliphatic carbocycles. The molecule has 2 heterocycles. The van der Waals surface area contributed by atoms with Crippen molar-refractivity contribution in [2.75, 3.05) is 45.9 Å². The van der Waals surface area contributed by atoms with Gasteiger partial charge >= 0.3 is 5.97 Å². The summed E-state index contributed by atoms with van der Waals surface area (Å²) in [6, 6.07) is 15.8. The Hall–Kier alpha value is -2.57. The van der Waals surface area contributed by atoms with Gasteiger partial charge in [0.05, 0.1) is 5.56 Å². The zero-order valence-electron chi connectivity index (χ0n) is 16.9. The molecule has 6 heteroatoms. The van der Waals surface area contributed by atoms with E-state index in [9.17, 15) is 4.79 Å². The largest absolute Gasteiger partial charge is 0.486 e. The van der Waals surface area contributed by atoms with Gasteiger partial charge in [0.2, 0.25) is 0 Å². The van der Waals surface area contributed by atoms with Gasteiger partial charge in [0.25, 0.3) is 0 Å². The smallest absolute Gasteiger partial charge is 0.338 e. The highest BCUT2D eigenvalue weighted by atomic mass is 16.6. The SMILES string of the molecule is CC(CN1CCN(Cc2ccccc2)CC1)OC(=O)c1ccc2c(c1)OCCO2. The molecule has 0 N–H and O–H groups in total. The lowest BCUT2D eigenvalue weighted by Crippen LogP contribution is -2.48. The van der Waals surface area contributed by atoms with E-state index in [1.807, 2.05) is 6.92 Å². The fraction of sp³-hybridized carbons (Fsp3) is 0.435. The van der Waals surface area contributed by atoms with Crippen molar-refractivity contribution >= 4 is 5.97 Å². The molecule has 29 heavy (non-hydrogen) atoms. The minimum atomic E-state index is -0.322. The van der Waals surface area contributed by atoms with Gasteiger partial charge in [-0.2, -0.15) is 0 Å². The van der Waals surface area contributed by atoms with Gasteiger partial charge in [-0.15, -0.1) is 0 Å². The van der Waals surface area contributed by atoms with Gasteiger partial charge in [-0.05, 0) is 30.7 Å². The first-order chi connectivity index (χ1) is 14.2. The summed E-state index contributed by atoms with van der Waals surface area (Å²) in [6.07, 6.45) is -0.170. The maximum absolute atomic E-state index is 12.5. The molecule has 2 aromatic rings. The maximum Gasteiger partial charge on any atom is 0.338 e. The summed E-state index contributed by atoms with van der Waals surface area (Å²) in [4.78, 5) is 17.3. The van der Waals surface area contributed by atoms with E-state index in [-0.39, 0.29) is 12.1 Å². The number of benzene rings is 2. The Kier molecular flexibility index (Phi) is 6.32. The fourth-order valence-electron chi connectivity index (χ4n) is 3.79. The van der Waals surface area contributed by atoms with Crippen molar-refractivity contribution in [2.24, 2.45) is 0 Å². The molecule has 0 bridgehead atoms. The Morgan fingerprint density at radius 1 is 0.966 bits per heavy atom. The first-order valence-electron chi connectivity index (χ1n) is 10.3. The quantitative estimate of drug-likeness (QED) is 0.700. The van der Waals surface area contributed by atoms with Crippen LogP contribution in [0.25, 0.3) is 0 Å². The zero-order valence-corrected chi connectivity index (χ0v) is 16.9. The predicted molar refractivity (Wildman–Crippen MR) is 110 cm³/mol. The molecule has 1 atom stereocenters. The van der Waals surface area contributed by atoms with Crippen LogP contribution < -0.4 is 9.47 Å². The number of piperazine rings is 1. The molecule has 2 aliphatic rings. The van der Waals surface area contributed by atoms with Crippen molar-refractivity contribution in [3.63, 3.8) is 0 Å². The first-order valence-corrected chi connectivity index (χ1v) is 10.3. The molecular formula is C23H28N2O4. The van der Waals surface area contributed by atoms with Crippen LogP contribution in [-0.2, 0) is 11.3 Å². The molecule has 0 amide bonds. The molecule has 2 aliphatic heterocycles. The predicted octanol–water partition coefficient (Wildman–Crippen LogP) is 2.82. The molecule has 0 aromatic heterocycles. The van der Waals surface area contributed by atoms with E-state index in [1.54, 1.807) is 18.2 Å². The highest BCUT2D eigenvalue weighted by molar-refractivity contribution is 5.90. The van der Waals surface area contributed by atoms with E-state index in [0.717, 1.165) is 39.3 Å². The minimum Gasteiger partial charge on any atom is -0.486 e. The van der Waals surface area contributed by atoms with Crippen LogP contribution >= 0.6 is 0 Å². The highest BCUT2D eigenvalue weighted by Crippen LogP contribution is 2.31. The summed E-state index contributed by atoms with van der Waals surface area (Å²) in [5, 5.41) is 0.